The normalized spacial score (nSPS) is 17.9. The number of para-hydroxylation sites is 2. The van der Waals surface area contributed by atoms with Crippen molar-refractivity contribution in [2.24, 2.45) is 0 Å². The first kappa shape index (κ1) is 17.6. The quantitative estimate of drug-likeness (QED) is 0.623. The van der Waals surface area contributed by atoms with E-state index in [-0.39, 0.29) is 17.3 Å². The van der Waals surface area contributed by atoms with Crippen molar-refractivity contribution in [3.05, 3.63) is 54.1 Å². The van der Waals surface area contributed by atoms with E-state index < -0.39 is 28.8 Å². The second kappa shape index (κ2) is 6.41. The Morgan fingerprint density at radius 3 is 2.63 bits per heavy atom. The van der Waals surface area contributed by atoms with Gasteiger partial charge in [0.1, 0.15) is 10.8 Å². The predicted molar refractivity (Wildman–Crippen MR) is 92.2 cm³/mol. The van der Waals surface area contributed by atoms with Gasteiger partial charge in [0.15, 0.2) is 5.58 Å². The Morgan fingerprint density at radius 2 is 1.89 bits per heavy atom. The summed E-state index contributed by atoms with van der Waals surface area (Å²) in [5.74, 6) is -1.15. The Kier molecular flexibility index (Phi) is 4.18. The number of alkyl halides is 3. The number of fused-ring (bicyclic) bond motifs is 1. The van der Waals surface area contributed by atoms with Gasteiger partial charge in [-0.05, 0) is 30.3 Å². The SMILES string of the molecule is O=C1CC(Sc2nc3ccccc3o2)C(=O)N1c1cccc(C(F)(F)F)c1. The van der Waals surface area contributed by atoms with Gasteiger partial charge in [0.25, 0.3) is 5.22 Å². The van der Waals surface area contributed by atoms with Crippen LogP contribution in [0.2, 0.25) is 0 Å². The molecule has 138 valence electrons. The highest BCUT2D eigenvalue weighted by molar-refractivity contribution is 8.00. The Hall–Kier alpha value is -2.81. The highest BCUT2D eigenvalue weighted by Crippen LogP contribution is 2.37. The molecule has 0 bridgehead atoms. The summed E-state index contributed by atoms with van der Waals surface area (Å²) in [7, 11) is 0. The molecular formula is C18H11F3N2O3S. The van der Waals surface area contributed by atoms with Gasteiger partial charge in [-0.15, -0.1) is 0 Å². The first-order valence-electron chi connectivity index (χ1n) is 7.89. The molecule has 4 rings (SSSR count). The molecule has 0 radical (unpaired) electrons. The molecule has 2 aromatic carbocycles. The number of hydrogen-bond donors (Lipinski definition) is 0. The third-order valence-electron chi connectivity index (χ3n) is 4.05. The van der Waals surface area contributed by atoms with Crippen LogP contribution in [0.15, 0.2) is 58.2 Å². The maximum atomic E-state index is 12.9. The van der Waals surface area contributed by atoms with Crippen molar-refractivity contribution in [3.8, 4) is 0 Å². The number of nitrogens with zero attached hydrogens (tertiary/aromatic N) is 2. The lowest BCUT2D eigenvalue weighted by molar-refractivity contribution is -0.137. The molecule has 1 unspecified atom stereocenters. The van der Waals surface area contributed by atoms with E-state index in [4.69, 9.17) is 4.42 Å². The van der Waals surface area contributed by atoms with Crippen LogP contribution in [0.3, 0.4) is 0 Å². The van der Waals surface area contributed by atoms with E-state index in [1.165, 1.54) is 12.1 Å². The Bertz CT molecular complexity index is 1010. The Morgan fingerprint density at radius 1 is 1.11 bits per heavy atom. The standard InChI is InChI=1S/C18H11F3N2O3S/c19-18(20,21)10-4-3-5-11(8-10)23-15(24)9-14(16(23)25)27-17-22-12-6-1-2-7-13(12)26-17/h1-8,14H,9H2. The van der Waals surface area contributed by atoms with E-state index in [0.29, 0.717) is 11.1 Å². The van der Waals surface area contributed by atoms with Gasteiger partial charge >= 0.3 is 6.18 Å². The molecule has 0 aliphatic carbocycles. The zero-order chi connectivity index (χ0) is 19.2. The van der Waals surface area contributed by atoms with Crippen LogP contribution in [-0.4, -0.2) is 22.0 Å². The average molecular weight is 392 g/mol. The first-order valence-corrected chi connectivity index (χ1v) is 8.77. The van der Waals surface area contributed by atoms with E-state index in [1.54, 1.807) is 24.3 Å². The lowest BCUT2D eigenvalue weighted by Crippen LogP contribution is -2.31. The lowest BCUT2D eigenvalue weighted by atomic mass is 10.2. The summed E-state index contributed by atoms with van der Waals surface area (Å²) in [6.07, 6.45) is -4.70. The van der Waals surface area contributed by atoms with Crippen LogP contribution < -0.4 is 4.90 Å². The molecule has 1 aromatic heterocycles. The number of rotatable bonds is 3. The molecule has 3 aromatic rings. The highest BCUT2D eigenvalue weighted by atomic mass is 32.2. The number of benzene rings is 2. The van der Waals surface area contributed by atoms with Gasteiger partial charge in [0, 0.05) is 6.42 Å². The van der Waals surface area contributed by atoms with Crippen LogP contribution in [0.4, 0.5) is 18.9 Å². The monoisotopic (exact) mass is 392 g/mol. The highest BCUT2D eigenvalue weighted by Gasteiger charge is 2.42. The fraction of sp³-hybridized carbons (Fsp3) is 0.167. The smallest absolute Gasteiger partial charge is 0.416 e. The number of carbonyl (C=O) groups excluding carboxylic acids is 2. The lowest BCUT2D eigenvalue weighted by Gasteiger charge is -2.16. The summed E-state index contributed by atoms with van der Waals surface area (Å²) < 4.78 is 44.2. The second-order valence-electron chi connectivity index (χ2n) is 5.87. The van der Waals surface area contributed by atoms with Gasteiger partial charge in [0.2, 0.25) is 11.8 Å². The van der Waals surface area contributed by atoms with Gasteiger partial charge < -0.3 is 4.42 Å². The van der Waals surface area contributed by atoms with Crippen molar-refractivity contribution in [1.82, 2.24) is 4.98 Å². The minimum atomic E-state index is -4.56. The zero-order valence-electron chi connectivity index (χ0n) is 13.6. The van der Waals surface area contributed by atoms with Crippen molar-refractivity contribution >= 4 is 40.4 Å². The minimum absolute atomic E-state index is 0.0968. The number of hydrogen-bond acceptors (Lipinski definition) is 5. The molecule has 2 heterocycles. The van der Waals surface area contributed by atoms with Crippen LogP contribution in [-0.2, 0) is 15.8 Å². The molecule has 1 atom stereocenters. The topological polar surface area (TPSA) is 63.4 Å². The Labute approximate surface area is 155 Å². The molecule has 0 saturated carbocycles. The molecule has 2 amide bonds. The number of thioether (sulfide) groups is 1. The van der Waals surface area contributed by atoms with Crippen molar-refractivity contribution in [3.63, 3.8) is 0 Å². The van der Waals surface area contributed by atoms with Crippen molar-refractivity contribution in [2.75, 3.05) is 4.90 Å². The number of halogens is 3. The third-order valence-corrected chi connectivity index (χ3v) is 5.08. The van der Waals surface area contributed by atoms with E-state index in [9.17, 15) is 22.8 Å². The second-order valence-corrected chi connectivity index (χ2v) is 7.03. The molecule has 1 aliphatic heterocycles. The summed E-state index contributed by atoms with van der Waals surface area (Å²) in [6.45, 7) is 0. The minimum Gasteiger partial charge on any atom is -0.431 e. The number of carbonyl (C=O) groups is 2. The number of anilines is 1. The van der Waals surface area contributed by atoms with Crippen molar-refractivity contribution < 1.29 is 27.2 Å². The number of aromatic nitrogens is 1. The van der Waals surface area contributed by atoms with Crippen LogP contribution in [0.5, 0.6) is 0 Å². The van der Waals surface area contributed by atoms with Crippen LogP contribution in [0.1, 0.15) is 12.0 Å². The largest absolute Gasteiger partial charge is 0.431 e. The van der Waals surface area contributed by atoms with Gasteiger partial charge in [-0.25, -0.2) is 9.88 Å². The molecule has 0 spiro atoms. The molecule has 1 saturated heterocycles. The fourth-order valence-electron chi connectivity index (χ4n) is 2.81. The van der Waals surface area contributed by atoms with Gasteiger partial charge in [-0.3, -0.25) is 9.59 Å². The third kappa shape index (κ3) is 3.30. The summed E-state index contributed by atoms with van der Waals surface area (Å²) in [4.78, 5) is 29.9. The van der Waals surface area contributed by atoms with Gasteiger partial charge in [-0.2, -0.15) is 13.2 Å². The number of imide groups is 1. The molecule has 1 aliphatic rings. The van der Waals surface area contributed by atoms with Crippen molar-refractivity contribution in [2.45, 2.75) is 23.1 Å². The van der Waals surface area contributed by atoms with E-state index >= 15 is 0 Å². The average Bonchev–Trinajstić information content (AvgIpc) is 3.14. The van der Waals surface area contributed by atoms with Crippen LogP contribution in [0, 0.1) is 0 Å². The van der Waals surface area contributed by atoms with Gasteiger partial charge in [0.05, 0.1) is 11.3 Å². The molecule has 5 nitrogen and oxygen atoms in total. The maximum absolute atomic E-state index is 12.9. The van der Waals surface area contributed by atoms with E-state index in [0.717, 1.165) is 28.8 Å². The zero-order valence-corrected chi connectivity index (χ0v) is 14.4. The van der Waals surface area contributed by atoms with Crippen molar-refractivity contribution in [1.29, 1.82) is 0 Å². The summed E-state index contributed by atoms with van der Waals surface area (Å²) in [6, 6.07) is 11.2. The summed E-state index contributed by atoms with van der Waals surface area (Å²) in [5.41, 5.74) is 0.147. The fourth-order valence-corrected chi connectivity index (χ4v) is 3.78. The van der Waals surface area contributed by atoms with Crippen LogP contribution in [0.25, 0.3) is 11.1 Å². The summed E-state index contributed by atoms with van der Waals surface area (Å²) >= 11 is 0.985. The molecular weight excluding hydrogens is 381 g/mol. The molecule has 27 heavy (non-hydrogen) atoms. The molecule has 1 fully saturated rings. The maximum Gasteiger partial charge on any atom is 0.416 e. The first-order chi connectivity index (χ1) is 12.8. The summed E-state index contributed by atoms with van der Waals surface area (Å²) in [5, 5.41) is -0.576. The number of oxazole rings is 1. The van der Waals surface area contributed by atoms with Crippen LogP contribution >= 0.6 is 11.8 Å². The Balaban J connectivity index is 1.58. The van der Waals surface area contributed by atoms with E-state index in [2.05, 4.69) is 4.98 Å². The molecule has 0 N–H and O–H groups in total. The number of amides is 2. The molecule has 9 heteroatoms. The van der Waals surface area contributed by atoms with E-state index in [1.807, 2.05) is 0 Å². The predicted octanol–water partition coefficient (Wildman–Crippen LogP) is 4.27. The van der Waals surface area contributed by atoms with Gasteiger partial charge in [-0.1, -0.05) is 30.0 Å².